The Hall–Kier alpha value is -2.14. The average molecular weight is 357 g/mol. The minimum Gasteiger partial charge on any atom is -0.349 e. The molecule has 25 heavy (non-hydrogen) atoms. The molecule has 1 fully saturated rings. The molecule has 2 aromatic rings. The van der Waals surface area contributed by atoms with Crippen LogP contribution in [0.25, 0.3) is 0 Å². The molecule has 0 aliphatic heterocycles. The third-order valence-electron chi connectivity index (χ3n) is 4.52. The maximum atomic E-state index is 12.3. The highest BCUT2D eigenvalue weighted by molar-refractivity contribution is 7.89. The first-order valence-electron chi connectivity index (χ1n) is 8.66. The molecule has 0 radical (unpaired) electrons. The van der Waals surface area contributed by atoms with Gasteiger partial charge in [0.05, 0.1) is 11.5 Å². The third-order valence-corrected chi connectivity index (χ3v) is 6.07. The van der Waals surface area contributed by atoms with E-state index in [4.69, 9.17) is 0 Å². The van der Waals surface area contributed by atoms with Crippen molar-refractivity contribution in [3.63, 3.8) is 0 Å². The average Bonchev–Trinajstić information content (AvgIpc) is 3.08. The SMILES string of the molecule is O=C(NC1CCCC1)c1ccc(CS(=O)(=O)Cc2ccccc2)cc1. The molecule has 4 nitrogen and oxygen atoms in total. The summed E-state index contributed by atoms with van der Waals surface area (Å²) in [5.74, 6) is -0.0740. The Morgan fingerprint density at radius 1 is 0.880 bits per heavy atom. The number of sulfone groups is 1. The standard InChI is InChI=1S/C20H23NO3S/c22-20(21-19-8-4-5-9-19)18-12-10-17(11-13-18)15-25(23,24)14-16-6-2-1-3-7-16/h1-3,6-7,10-13,19H,4-5,8-9,14-15H2,(H,21,22). The summed E-state index contributed by atoms with van der Waals surface area (Å²) in [4.78, 5) is 12.2. The largest absolute Gasteiger partial charge is 0.349 e. The molecule has 5 heteroatoms. The van der Waals surface area contributed by atoms with Crippen molar-refractivity contribution in [2.45, 2.75) is 43.2 Å². The van der Waals surface area contributed by atoms with E-state index in [0.29, 0.717) is 11.1 Å². The molecule has 0 atom stereocenters. The van der Waals surface area contributed by atoms with E-state index in [1.807, 2.05) is 30.3 Å². The first kappa shape index (κ1) is 17.7. The number of carbonyl (C=O) groups is 1. The van der Waals surface area contributed by atoms with Crippen LogP contribution in [0.3, 0.4) is 0 Å². The van der Waals surface area contributed by atoms with Crippen LogP contribution in [-0.2, 0) is 21.3 Å². The van der Waals surface area contributed by atoms with Crippen LogP contribution >= 0.6 is 0 Å². The molecular weight excluding hydrogens is 334 g/mol. The molecular formula is C20H23NO3S. The van der Waals surface area contributed by atoms with Crippen molar-refractivity contribution in [2.75, 3.05) is 0 Å². The van der Waals surface area contributed by atoms with Crippen LogP contribution < -0.4 is 5.32 Å². The molecule has 0 spiro atoms. The lowest BCUT2D eigenvalue weighted by atomic mass is 10.1. The van der Waals surface area contributed by atoms with Crippen LogP contribution in [0.4, 0.5) is 0 Å². The van der Waals surface area contributed by atoms with E-state index in [0.717, 1.165) is 18.4 Å². The van der Waals surface area contributed by atoms with Crippen molar-refractivity contribution in [1.29, 1.82) is 0 Å². The van der Waals surface area contributed by atoms with Gasteiger partial charge in [-0.2, -0.15) is 0 Å². The van der Waals surface area contributed by atoms with Gasteiger partial charge < -0.3 is 5.32 Å². The lowest BCUT2D eigenvalue weighted by molar-refractivity contribution is 0.0938. The molecule has 0 saturated heterocycles. The van der Waals surface area contributed by atoms with Crippen molar-refractivity contribution in [3.05, 3.63) is 71.3 Å². The van der Waals surface area contributed by atoms with Gasteiger partial charge in [0, 0.05) is 11.6 Å². The van der Waals surface area contributed by atoms with Gasteiger partial charge in [-0.25, -0.2) is 8.42 Å². The van der Waals surface area contributed by atoms with Crippen LogP contribution in [0.15, 0.2) is 54.6 Å². The van der Waals surface area contributed by atoms with Gasteiger partial charge in [-0.1, -0.05) is 55.3 Å². The lowest BCUT2D eigenvalue weighted by Gasteiger charge is -2.12. The molecule has 132 valence electrons. The number of hydrogen-bond donors (Lipinski definition) is 1. The number of benzene rings is 2. The Balaban J connectivity index is 1.60. The van der Waals surface area contributed by atoms with E-state index in [1.165, 1.54) is 12.8 Å². The van der Waals surface area contributed by atoms with E-state index >= 15 is 0 Å². The van der Waals surface area contributed by atoms with Crippen LogP contribution in [0.1, 0.15) is 47.2 Å². The van der Waals surface area contributed by atoms with Crippen molar-refractivity contribution >= 4 is 15.7 Å². The smallest absolute Gasteiger partial charge is 0.251 e. The minimum atomic E-state index is -3.24. The molecule has 0 bridgehead atoms. The number of nitrogens with one attached hydrogen (secondary N) is 1. The molecule has 0 unspecified atom stereocenters. The van der Waals surface area contributed by atoms with E-state index in [2.05, 4.69) is 5.32 Å². The van der Waals surface area contributed by atoms with Gasteiger partial charge in [-0.05, 0) is 36.1 Å². The van der Waals surface area contributed by atoms with Crippen LogP contribution in [0, 0.1) is 0 Å². The summed E-state index contributed by atoms with van der Waals surface area (Å²) in [7, 11) is -3.24. The Labute approximate surface area is 149 Å². The van der Waals surface area contributed by atoms with Gasteiger partial charge in [0.15, 0.2) is 9.84 Å². The highest BCUT2D eigenvalue weighted by Gasteiger charge is 2.18. The minimum absolute atomic E-state index is 0.0214. The van der Waals surface area contributed by atoms with Gasteiger partial charge in [0.2, 0.25) is 0 Å². The normalized spacial score (nSPS) is 15.2. The highest BCUT2D eigenvalue weighted by Crippen LogP contribution is 2.18. The van der Waals surface area contributed by atoms with Gasteiger partial charge in [-0.15, -0.1) is 0 Å². The van der Waals surface area contributed by atoms with E-state index in [1.54, 1.807) is 24.3 Å². The number of hydrogen-bond acceptors (Lipinski definition) is 3. The van der Waals surface area contributed by atoms with E-state index in [9.17, 15) is 13.2 Å². The van der Waals surface area contributed by atoms with Gasteiger partial charge in [0.25, 0.3) is 5.91 Å². The summed E-state index contributed by atoms with van der Waals surface area (Å²) in [6.45, 7) is 0. The third kappa shape index (κ3) is 5.16. The maximum absolute atomic E-state index is 12.3. The lowest BCUT2D eigenvalue weighted by Crippen LogP contribution is -2.32. The first-order valence-corrected chi connectivity index (χ1v) is 10.5. The van der Waals surface area contributed by atoms with Gasteiger partial charge in [0.1, 0.15) is 0 Å². The highest BCUT2D eigenvalue weighted by atomic mass is 32.2. The van der Waals surface area contributed by atoms with Crippen LogP contribution in [0.2, 0.25) is 0 Å². The number of rotatable bonds is 6. The Morgan fingerprint density at radius 3 is 2.04 bits per heavy atom. The summed E-state index contributed by atoms with van der Waals surface area (Å²) in [6, 6.07) is 16.3. The zero-order valence-electron chi connectivity index (χ0n) is 14.1. The zero-order valence-corrected chi connectivity index (χ0v) is 15.0. The topological polar surface area (TPSA) is 63.2 Å². The Morgan fingerprint density at radius 2 is 1.44 bits per heavy atom. The van der Waals surface area contributed by atoms with Crippen LogP contribution in [-0.4, -0.2) is 20.4 Å². The molecule has 0 aromatic heterocycles. The van der Waals surface area contributed by atoms with Crippen molar-refractivity contribution < 1.29 is 13.2 Å². The molecule has 1 amide bonds. The second kappa shape index (κ2) is 7.83. The summed E-state index contributed by atoms with van der Waals surface area (Å²) in [5.41, 5.74) is 2.07. The summed E-state index contributed by atoms with van der Waals surface area (Å²) in [5, 5.41) is 3.04. The van der Waals surface area contributed by atoms with E-state index < -0.39 is 9.84 Å². The fourth-order valence-corrected chi connectivity index (χ4v) is 4.73. The predicted octanol–water partition coefficient (Wildman–Crippen LogP) is 3.47. The Kier molecular flexibility index (Phi) is 5.53. The van der Waals surface area contributed by atoms with Gasteiger partial charge in [-0.3, -0.25) is 4.79 Å². The number of carbonyl (C=O) groups excluding carboxylic acids is 1. The summed E-state index contributed by atoms with van der Waals surface area (Å²) < 4.78 is 24.7. The molecule has 1 N–H and O–H groups in total. The monoisotopic (exact) mass is 357 g/mol. The molecule has 0 heterocycles. The molecule has 2 aromatic carbocycles. The zero-order chi connectivity index (χ0) is 17.7. The van der Waals surface area contributed by atoms with Crippen molar-refractivity contribution in [1.82, 2.24) is 5.32 Å². The number of amides is 1. The molecule has 1 aliphatic rings. The fraction of sp³-hybridized carbons (Fsp3) is 0.350. The van der Waals surface area contributed by atoms with Crippen LogP contribution in [0.5, 0.6) is 0 Å². The maximum Gasteiger partial charge on any atom is 0.251 e. The predicted molar refractivity (Wildman–Crippen MR) is 98.9 cm³/mol. The van der Waals surface area contributed by atoms with Gasteiger partial charge >= 0.3 is 0 Å². The van der Waals surface area contributed by atoms with Crippen molar-refractivity contribution in [2.24, 2.45) is 0 Å². The quantitative estimate of drug-likeness (QED) is 0.861. The molecule has 3 rings (SSSR count). The summed E-state index contributed by atoms with van der Waals surface area (Å²) in [6.07, 6.45) is 4.43. The van der Waals surface area contributed by atoms with Crippen molar-refractivity contribution in [3.8, 4) is 0 Å². The fourth-order valence-electron chi connectivity index (χ4n) is 3.22. The summed E-state index contributed by atoms with van der Waals surface area (Å²) >= 11 is 0. The second-order valence-electron chi connectivity index (χ2n) is 6.67. The van der Waals surface area contributed by atoms with E-state index in [-0.39, 0.29) is 23.5 Å². The second-order valence-corrected chi connectivity index (χ2v) is 8.73. The molecule has 1 saturated carbocycles. The first-order chi connectivity index (χ1) is 12.0. The Bertz CT molecular complexity index is 808. The molecule has 1 aliphatic carbocycles.